The number of para-hydroxylation sites is 2. The van der Waals surface area contributed by atoms with Gasteiger partial charge in [0.25, 0.3) is 10.0 Å². The average molecular weight is 614 g/mol. The van der Waals surface area contributed by atoms with E-state index in [9.17, 15) is 18.0 Å². The molecule has 2 amide bonds. The first-order valence-corrected chi connectivity index (χ1v) is 16.1. The number of hydrogen-bond donors (Lipinski definition) is 1. The van der Waals surface area contributed by atoms with Crippen LogP contribution >= 0.6 is 0 Å². The predicted molar refractivity (Wildman–Crippen MR) is 173 cm³/mol. The molecule has 0 fully saturated rings. The Kier molecular flexibility index (Phi) is 11.5. The fourth-order valence-corrected chi connectivity index (χ4v) is 6.35. The molecule has 0 aliphatic rings. The summed E-state index contributed by atoms with van der Waals surface area (Å²) >= 11 is 0. The summed E-state index contributed by atoms with van der Waals surface area (Å²) in [7, 11) is -2.75. The molecule has 1 N–H and O–H groups in total. The van der Waals surface area contributed by atoms with E-state index in [1.807, 2.05) is 67.6 Å². The Labute approximate surface area is 260 Å². The largest absolute Gasteiger partial charge is 0.495 e. The van der Waals surface area contributed by atoms with Crippen LogP contribution in [0.5, 0.6) is 5.75 Å². The van der Waals surface area contributed by atoms with Crippen molar-refractivity contribution in [3.05, 3.63) is 126 Å². The van der Waals surface area contributed by atoms with Crippen LogP contribution in [0.15, 0.2) is 120 Å². The molecular formula is C35H39N3O5S. The maximum absolute atomic E-state index is 14.5. The standard InChI is InChI=1S/C35H39N3O5S/c1-3-4-24-36-35(40)32(25-28-16-8-5-9-17-28)37(26-29-18-10-6-11-19-29)34(39)27-38(31-22-14-15-23-33(31)43-2)44(41,42)30-20-12-7-13-21-30/h5-23,32H,3-4,24-27H2,1-2H3,(H,36,40)/t32-/m1/s1. The number of benzene rings is 4. The molecule has 0 aromatic heterocycles. The van der Waals surface area contributed by atoms with Crippen LogP contribution in [-0.4, -0.2) is 51.4 Å². The van der Waals surface area contributed by atoms with Crippen molar-refractivity contribution >= 4 is 27.5 Å². The third-order valence-electron chi connectivity index (χ3n) is 7.26. The maximum atomic E-state index is 14.5. The molecule has 0 radical (unpaired) electrons. The van der Waals surface area contributed by atoms with Crippen LogP contribution in [0.4, 0.5) is 5.69 Å². The van der Waals surface area contributed by atoms with E-state index >= 15 is 0 Å². The van der Waals surface area contributed by atoms with E-state index in [0.29, 0.717) is 12.3 Å². The van der Waals surface area contributed by atoms with Crippen LogP contribution in [0.25, 0.3) is 0 Å². The van der Waals surface area contributed by atoms with Crippen LogP contribution in [0, 0.1) is 0 Å². The maximum Gasteiger partial charge on any atom is 0.264 e. The highest BCUT2D eigenvalue weighted by atomic mass is 32.2. The molecule has 0 aliphatic carbocycles. The Hall–Kier alpha value is -4.63. The minimum absolute atomic E-state index is 0.0338. The van der Waals surface area contributed by atoms with Crippen LogP contribution in [0.2, 0.25) is 0 Å². The highest BCUT2D eigenvalue weighted by Crippen LogP contribution is 2.32. The highest BCUT2D eigenvalue weighted by Gasteiger charge is 2.35. The quantitative estimate of drug-likeness (QED) is 0.180. The van der Waals surface area contributed by atoms with Gasteiger partial charge in [-0.1, -0.05) is 104 Å². The summed E-state index contributed by atoms with van der Waals surface area (Å²) in [4.78, 5) is 29.8. The number of anilines is 1. The molecule has 0 heterocycles. The third-order valence-corrected chi connectivity index (χ3v) is 9.03. The lowest BCUT2D eigenvalue weighted by Gasteiger charge is -2.34. The van der Waals surface area contributed by atoms with Gasteiger partial charge >= 0.3 is 0 Å². The van der Waals surface area contributed by atoms with Gasteiger partial charge in [-0.05, 0) is 41.8 Å². The van der Waals surface area contributed by atoms with Crippen molar-refractivity contribution in [1.82, 2.24) is 10.2 Å². The summed E-state index contributed by atoms with van der Waals surface area (Å²) < 4.78 is 34.8. The molecule has 230 valence electrons. The number of ether oxygens (including phenoxy) is 1. The van der Waals surface area contributed by atoms with Crippen LogP contribution < -0.4 is 14.4 Å². The summed E-state index contributed by atoms with van der Waals surface area (Å²) in [5.74, 6) is -0.514. The molecule has 44 heavy (non-hydrogen) atoms. The molecule has 1 atom stereocenters. The van der Waals surface area contributed by atoms with Gasteiger partial charge in [0.15, 0.2) is 0 Å². The SMILES string of the molecule is CCCCNC(=O)[C@@H](Cc1ccccc1)N(Cc1ccccc1)C(=O)CN(c1ccccc1OC)S(=O)(=O)c1ccccc1. The zero-order chi connectivity index (χ0) is 31.4. The first kappa shape index (κ1) is 32.3. The monoisotopic (exact) mass is 613 g/mol. The summed E-state index contributed by atoms with van der Waals surface area (Å²) in [5, 5.41) is 3.00. The third kappa shape index (κ3) is 8.26. The number of unbranched alkanes of at least 4 members (excludes halogenated alkanes) is 1. The van der Waals surface area contributed by atoms with Crippen molar-refractivity contribution in [2.75, 3.05) is 24.5 Å². The molecule has 8 nitrogen and oxygen atoms in total. The summed E-state index contributed by atoms with van der Waals surface area (Å²) in [5.41, 5.74) is 1.92. The first-order chi connectivity index (χ1) is 21.3. The fourth-order valence-electron chi connectivity index (χ4n) is 4.91. The second-order valence-corrected chi connectivity index (χ2v) is 12.2. The van der Waals surface area contributed by atoms with Gasteiger partial charge in [-0.15, -0.1) is 0 Å². The molecule has 0 saturated heterocycles. The molecule has 0 spiro atoms. The van der Waals surface area contributed by atoms with Crippen molar-refractivity contribution in [3.8, 4) is 5.75 Å². The Morgan fingerprint density at radius 2 is 1.36 bits per heavy atom. The number of amides is 2. The topological polar surface area (TPSA) is 96.0 Å². The zero-order valence-corrected chi connectivity index (χ0v) is 26.0. The number of carbonyl (C=O) groups excluding carboxylic acids is 2. The van der Waals surface area contributed by atoms with Crippen LogP contribution in [0.3, 0.4) is 0 Å². The number of methoxy groups -OCH3 is 1. The minimum atomic E-state index is -4.21. The van der Waals surface area contributed by atoms with E-state index in [2.05, 4.69) is 5.32 Å². The molecule has 4 aromatic carbocycles. The Morgan fingerprint density at radius 3 is 1.98 bits per heavy atom. The van der Waals surface area contributed by atoms with E-state index < -0.39 is 28.5 Å². The van der Waals surface area contributed by atoms with E-state index in [0.717, 1.165) is 28.3 Å². The highest BCUT2D eigenvalue weighted by molar-refractivity contribution is 7.92. The summed E-state index contributed by atoms with van der Waals surface area (Å²) in [6.07, 6.45) is 1.96. The molecule has 0 bridgehead atoms. The van der Waals surface area contributed by atoms with Crippen molar-refractivity contribution in [2.24, 2.45) is 0 Å². The zero-order valence-electron chi connectivity index (χ0n) is 25.1. The van der Waals surface area contributed by atoms with Crippen molar-refractivity contribution < 1.29 is 22.7 Å². The smallest absolute Gasteiger partial charge is 0.264 e. The van der Waals surface area contributed by atoms with Crippen molar-refractivity contribution in [1.29, 1.82) is 0 Å². The molecule has 4 rings (SSSR count). The number of hydrogen-bond acceptors (Lipinski definition) is 5. The number of sulfonamides is 1. The average Bonchev–Trinajstić information content (AvgIpc) is 3.06. The number of carbonyl (C=O) groups is 2. The van der Waals surface area contributed by atoms with Gasteiger partial charge in [0.1, 0.15) is 18.3 Å². The number of nitrogens with zero attached hydrogens (tertiary/aromatic N) is 2. The van der Waals surface area contributed by atoms with E-state index in [-0.39, 0.29) is 29.5 Å². The molecule has 9 heteroatoms. The number of rotatable bonds is 15. The van der Waals surface area contributed by atoms with Gasteiger partial charge in [0.05, 0.1) is 17.7 Å². The lowest BCUT2D eigenvalue weighted by Crippen LogP contribution is -2.53. The second kappa shape index (κ2) is 15.7. The van der Waals surface area contributed by atoms with Crippen LogP contribution in [-0.2, 0) is 32.6 Å². The van der Waals surface area contributed by atoms with E-state index in [4.69, 9.17) is 4.74 Å². The molecular weight excluding hydrogens is 574 g/mol. The second-order valence-electron chi connectivity index (χ2n) is 10.4. The molecule has 0 saturated carbocycles. The normalized spacial score (nSPS) is 11.8. The Balaban J connectivity index is 1.79. The Bertz CT molecular complexity index is 1600. The lowest BCUT2D eigenvalue weighted by molar-refractivity contribution is -0.140. The van der Waals surface area contributed by atoms with E-state index in [1.54, 1.807) is 42.5 Å². The summed E-state index contributed by atoms with van der Waals surface area (Å²) in [6, 6.07) is 32.6. The van der Waals surface area contributed by atoms with Gasteiger partial charge in [-0.2, -0.15) is 0 Å². The Morgan fingerprint density at radius 1 is 0.795 bits per heavy atom. The van der Waals surface area contributed by atoms with Crippen LogP contribution in [0.1, 0.15) is 30.9 Å². The van der Waals surface area contributed by atoms with Crippen molar-refractivity contribution in [2.45, 2.75) is 43.7 Å². The number of nitrogens with one attached hydrogen (secondary N) is 1. The van der Waals surface area contributed by atoms with Crippen molar-refractivity contribution in [3.63, 3.8) is 0 Å². The van der Waals surface area contributed by atoms with Gasteiger partial charge in [0, 0.05) is 19.5 Å². The van der Waals surface area contributed by atoms with Gasteiger partial charge < -0.3 is 15.0 Å². The lowest BCUT2D eigenvalue weighted by atomic mass is 10.0. The van der Waals surface area contributed by atoms with E-state index in [1.165, 1.54) is 24.1 Å². The predicted octanol–water partition coefficient (Wildman–Crippen LogP) is 5.45. The fraction of sp³-hybridized carbons (Fsp3) is 0.257. The van der Waals surface area contributed by atoms with Gasteiger partial charge in [0.2, 0.25) is 11.8 Å². The van der Waals surface area contributed by atoms with Gasteiger partial charge in [-0.25, -0.2) is 8.42 Å². The van der Waals surface area contributed by atoms with Gasteiger partial charge in [-0.3, -0.25) is 13.9 Å². The minimum Gasteiger partial charge on any atom is -0.495 e. The molecule has 4 aromatic rings. The molecule has 0 aliphatic heterocycles. The first-order valence-electron chi connectivity index (χ1n) is 14.7. The molecule has 0 unspecified atom stereocenters. The summed E-state index contributed by atoms with van der Waals surface area (Å²) in [6.45, 7) is 2.09.